The highest BCUT2D eigenvalue weighted by Crippen LogP contribution is 2.48. The number of aliphatic hydroxyl groups excluding tert-OH is 1. The largest absolute Gasteiger partial charge is 0.441 e. The predicted molar refractivity (Wildman–Crippen MR) is 85.7 cm³/mol. The number of hydrogen-bond acceptors (Lipinski definition) is 5. The maximum absolute atomic E-state index is 14.4. The van der Waals surface area contributed by atoms with Crippen molar-refractivity contribution in [2.45, 2.75) is 24.9 Å². The third-order valence-corrected chi connectivity index (χ3v) is 6.18. The Kier molecular flexibility index (Phi) is 4.50. The van der Waals surface area contributed by atoms with Crippen LogP contribution in [-0.4, -0.2) is 51.1 Å². The molecule has 2 saturated heterocycles. The van der Waals surface area contributed by atoms with E-state index >= 15 is 0 Å². The highest BCUT2D eigenvalue weighted by molar-refractivity contribution is 8.24. The third kappa shape index (κ3) is 3.45. The number of carbonyl (C=O) groups excluding carboxylic acids is 1. The highest BCUT2D eigenvalue weighted by atomic mass is 32.3. The maximum atomic E-state index is 14.4. The summed E-state index contributed by atoms with van der Waals surface area (Å²) in [6.07, 6.45) is -0.106. The Hall–Kier alpha value is -1.35. The second kappa shape index (κ2) is 6.27. The van der Waals surface area contributed by atoms with Crippen molar-refractivity contribution in [3.8, 4) is 0 Å². The first-order valence-electron chi connectivity index (χ1n) is 7.51. The van der Waals surface area contributed by atoms with Gasteiger partial charge in [-0.05, 0) is 36.5 Å². The van der Waals surface area contributed by atoms with E-state index in [0.717, 1.165) is 0 Å². The fraction of sp³-hybridized carbons (Fsp3) is 0.533. The second-order valence-electron chi connectivity index (χ2n) is 5.99. The van der Waals surface area contributed by atoms with Crippen molar-refractivity contribution in [1.82, 2.24) is 0 Å². The van der Waals surface area contributed by atoms with Gasteiger partial charge in [-0.2, -0.15) is 10.6 Å². The summed E-state index contributed by atoms with van der Waals surface area (Å²) < 4.78 is 38.7. The van der Waals surface area contributed by atoms with Crippen LogP contribution in [0.3, 0.4) is 0 Å². The van der Waals surface area contributed by atoms with Gasteiger partial charge in [-0.1, -0.05) is 6.07 Å². The summed E-state index contributed by atoms with van der Waals surface area (Å²) in [5.41, 5.74) is 0.933. The minimum atomic E-state index is -2.49. The average molecular weight is 345 g/mol. The highest BCUT2D eigenvalue weighted by Gasteiger charge is 2.33. The van der Waals surface area contributed by atoms with Crippen molar-refractivity contribution in [2.75, 3.05) is 29.6 Å². The number of halogens is 1. The van der Waals surface area contributed by atoms with Gasteiger partial charge < -0.3 is 9.84 Å². The molecule has 2 aliphatic rings. The van der Waals surface area contributed by atoms with E-state index in [1.165, 1.54) is 11.0 Å². The Morgan fingerprint density at radius 2 is 2.00 bits per heavy atom. The summed E-state index contributed by atoms with van der Waals surface area (Å²) in [5.74, 6) is 0.149. The molecule has 3 N–H and O–H groups in total. The molecule has 2 heterocycles. The number of cyclic esters (lactones) is 1. The lowest BCUT2D eigenvalue weighted by Gasteiger charge is -2.39. The van der Waals surface area contributed by atoms with E-state index < -0.39 is 28.6 Å². The molecule has 2 aliphatic heterocycles. The first-order chi connectivity index (χ1) is 10.9. The number of carbonyl (C=O) groups is 1. The molecule has 3 rings (SSSR count). The van der Waals surface area contributed by atoms with Crippen molar-refractivity contribution >= 4 is 22.4 Å². The molecule has 0 bridgehead atoms. The summed E-state index contributed by atoms with van der Waals surface area (Å²) in [4.78, 5) is 13.0. The lowest BCUT2D eigenvalue weighted by molar-refractivity contribution is 0.0963. The molecule has 1 amide bonds. The van der Waals surface area contributed by atoms with Crippen LogP contribution < -0.4 is 4.90 Å². The summed E-state index contributed by atoms with van der Waals surface area (Å²) in [6, 6.07) is 4.60. The minimum Gasteiger partial charge on any atom is -0.441 e. The van der Waals surface area contributed by atoms with Crippen molar-refractivity contribution < 1.29 is 28.1 Å². The Morgan fingerprint density at radius 3 is 2.57 bits per heavy atom. The molecule has 6 nitrogen and oxygen atoms in total. The quantitative estimate of drug-likeness (QED) is 0.784. The normalized spacial score (nSPS) is 26.2. The van der Waals surface area contributed by atoms with Gasteiger partial charge in [0.25, 0.3) is 0 Å². The lowest BCUT2D eigenvalue weighted by Crippen LogP contribution is -2.25. The van der Waals surface area contributed by atoms with Crippen LogP contribution in [0.15, 0.2) is 18.2 Å². The molecule has 1 aromatic rings. The number of aliphatic hydroxyl groups is 1. The number of amides is 1. The van der Waals surface area contributed by atoms with E-state index in [-0.39, 0.29) is 19.1 Å². The van der Waals surface area contributed by atoms with Crippen LogP contribution in [0.1, 0.15) is 24.3 Å². The molecule has 0 spiro atoms. The predicted octanol–water partition coefficient (Wildman–Crippen LogP) is 2.77. The molecule has 0 aromatic heterocycles. The van der Waals surface area contributed by atoms with Crippen molar-refractivity contribution in [2.24, 2.45) is 0 Å². The van der Waals surface area contributed by atoms with Gasteiger partial charge >= 0.3 is 6.09 Å². The van der Waals surface area contributed by atoms with E-state index in [9.17, 15) is 18.3 Å². The molecular formula is C15H20FNO5S. The molecule has 2 fully saturated rings. The van der Waals surface area contributed by atoms with Crippen LogP contribution in [0.4, 0.5) is 14.9 Å². The lowest BCUT2D eigenvalue weighted by atomic mass is 9.93. The summed E-state index contributed by atoms with van der Waals surface area (Å²) in [6.45, 7) is -0.0737. The molecule has 8 heteroatoms. The molecule has 1 atom stereocenters. The molecule has 0 radical (unpaired) electrons. The molecule has 23 heavy (non-hydrogen) atoms. The molecule has 128 valence electrons. The first kappa shape index (κ1) is 16.5. The minimum absolute atomic E-state index is 0.0419. The van der Waals surface area contributed by atoms with Crippen molar-refractivity contribution in [3.05, 3.63) is 29.6 Å². The monoisotopic (exact) mass is 345 g/mol. The SMILES string of the molecule is O=C1OC(CO)CN1c1ccc(C2CCS(O)(O)CC2)c(F)c1. The second-order valence-corrected chi connectivity index (χ2v) is 8.41. The molecule has 0 saturated carbocycles. The number of anilines is 1. The van der Waals surface area contributed by atoms with Crippen LogP contribution in [0, 0.1) is 5.82 Å². The van der Waals surface area contributed by atoms with Gasteiger partial charge in [0.2, 0.25) is 0 Å². The molecule has 1 aromatic carbocycles. The Bertz CT molecular complexity index is 602. The van der Waals surface area contributed by atoms with Gasteiger partial charge in [0.05, 0.1) is 18.8 Å². The molecule has 1 unspecified atom stereocenters. The number of rotatable bonds is 3. The summed E-state index contributed by atoms with van der Waals surface area (Å²) in [5, 5.41) is 9.04. The van der Waals surface area contributed by atoms with Gasteiger partial charge in [0, 0.05) is 11.5 Å². The number of ether oxygens (including phenoxy) is 1. The van der Waals surface area contributed by atoms with Gasteiger partial charge in [-0.15, -0.1) is 0 Å². The van der Waals surface area contributed by atoms with Crippen LogP contribution in [0.25, 0.3) is 0 Å². The van der Waals surface area contributed by atoms with Gasteiger partial charge in [-0.25, -0.2) is 9.18 Å². The summed E-state index contributed by atoms with van der Waals surface area (Å²) >= 11 is 0. The van der Waals surface area contributed by atoms with E-state index in [4.69, 9.17) is 9.84 Å². The third-order valence-electron chi connectivity index (χ3n) is 4.40. The van der Waals surface area contributed by atoms with E-state index in [1.807, 2.05) is 0 Å². The zero-order valence-electron chi connectivity index (χ0n) is 12.5. The van der Waals surface area contributed by atoms with Gasteiger partial charge in [0.15, 0.2) is 0 Å². The van der Waals surface area contributed by atoms with Crippen LogP contribution in [0.2, 0.25) is 0 Å². The smallest absolute Gasteiger partial charge is 0.414 e. The van der Waals surface area contributed by atoms with Gasteiger partial charge in [-0.3, -0.25) is 14.0 Å². The zero-order chi connectivity index (χ0) is 16.6. The zero-order valence-corrected chi connectivity index (χ0v) is 13.3. The van der Waals surface area contributed by atoms with E-state index in [0.29, 0.717) is 35.6 Å². The maximum Gasteiger partial charge on any atom is 0.414 e. The molecule has 0 aliphatic carbocycles. The Morgan fingerprint density at radius 1 is 1.30 bits per heavy atom. The van der Waals surface area contributed by atoms with Crippen molar-refractivity contribution in [1.29, 1.82) is 0 Å². The fourth-order valence-electron chi connectivity index (χ4n) is 3.06. The fourth-order valence-corrected chi connectivity index (χ4v) is 4.59. The first-order valence-corrected chi connectivity index (χ1v) is 9.40. The summed E-state index contributed by atoms with van der Waals surface area (Å²) in [7, 11) is -2.49. The Balaban J connectivity index is 1.75. The Labute approximate surface area is 135 Å². The van der Waals surface area contributed by atoms with Crippen LogP contribution in [-0.2, 0) is 4.74 Å². The standard InChI is InChI=1S/C15H20FNO5S/c16-14-7-11(17-8-12(9-18)22-15(17)19)1-2-13(14)10-3-5-23(20,21)6-4-10/h1-2,7,10,12,18,20-21H,3-6,8-9H2. The van der Waals surface area contributed by atoms with E-state index in [2.05, 4.69) is 0 Å². The average Bonchev–Trinajstić information content (AvgIpc) is 2.89. The number of benzene rings is 1. The van der Waals surface area contributed by atoms with Gasteiger partial charge in [0.1, 0.15) is 11.9 Å². The number of hydrogen-bond donors (Lipinski definition) is 3. The number of nitrogens with zero attached hydrogens (tertiary/aromatic N) is 1. The topological polar surface area (TPSA) is 90.2 Å². The van der Waals surface area contributed by atoms with E-state index in [1.54, 1.807) is 12.1 Å². The molecular weight excluding hydrogens is 325 g/mol. The van der Waals surface area contributed by atoms with Crippen LogP contribution in [0.5, 0.6) is 0 Å². The van der Waals surface area contributed by atoms with Crippen molar-refractivity contribution in [3.63, 3.8) is 0 Å². The van der Waals surface area contributed by atoms with Crippen LogP contribution >= 0.6 is 10.6 Å².